The first-order valence-electron chi connectivity index (χ1n) is 7.53. The first kappa shape index (κ1) is 16.9. The summed E-state index contributed by atoms with van der Waals surface area (Å²) < 4.78 is 5.72. The number of rotatable bonds is 2. The van der Waals surface area contributed by atoms with Gasteiger partial charge in [-0.15, -0.1) is 11.3 Å². The van der Waals surface area contributed by atoms with Gasteiger partial charge in [0, 0.05) is 10.4 Å². The fraction of sp³-hybridized carbons (Fsp3) is 0.353. The van der Waals surface area contributed by atoms with Gasteiger partial charge in [0.1, 0.15) is 0 Å². The van der Waals surface area contributed by atoms with Crippen molar-refractivity contribution in [2.75, 3.05) is 12.4 Å². The number of hydrogen-bond donors (Lipinski definition) is 1. The van der Waals surface area contributed by atoms with E-state index in [0.29, 0.717) is 5.13 Å². The molecule has 24 heavy (non-hydrogen) atoms. The third-order valence-electron chi connectivity index (χ3n) is 4.24. The SMILES string of the molecule is COC(=O)Nc1nc2c(C)c(C)c(C)c(-c3nc(C)sc3C)c2s1. The highest BCUT2D eigenvalue weighted by Crippen LogP contribution is 2.42. The molecule has 0 atom stereocenters. The summed E-state index contributed by atoms with van der Waals surface area (Å²) in [6, 6.07) is 0. The van der Waals surface area contributed by atoms with E-state index in [9.17, 15) is 4.79 Å². The van der Waals surface area contributed by atoms with Crippen LogP contribution in [0.2, 0.25) is 0 Å². The maximum absolute atomic E-state index is 11.5. The predicted octanol–water partition coefficient (Wildman–Crippen LogP) is 5.14. The van der Waals surface area contributed by atoms with E-state index in [-0.39, 0.29) is 0 Å². The van der Waals surface area contributed by atoms with Gasteiger partial charge in [0.2, 0.25) is 0 Å². The van der Waals surface area contributed by atoms with E-state index in [1.807, 2.05) is 6.92 Å². The molecule has 0 aliphatic rings. The first-order valence-corrected chi connectivity index (χ1v) is 9.16. The van der Waals surface area contributed by atoms with E-state index in [4.69, 9.17) is 4.98 Å². The standard InChI is InChI=1S/C17H19N3O2S2/c1-7-8(2)12(14-10(4)23-11(5)18-14)15-13(9(7)3)19-16(24-15)20-17(21)22-6/h1-6H3,(H,19,20,21). The number of anilines is 1. The summed E-state index contributed by atoms with van der Waals surface area (Å²) in [5.41, 5.74) is 6.58. The van der Waals surface area contributed by atoms with E-state index in [2.05, 4.69) is 42.7 Å². The van der Waals surface area contributed by atoms with Crippen LogP contribution in [0.5, 0.6) is 0 Å². The van der Waals surface area contributed by atoms with Crippen molar-refractivity contribution in [1.29, 1.82) is 0 Å². The van der Waals surface area contributed by atoms with E-state index in [1.165, 1.54) is 34.5 Å². The van der Waals surface area contributed by atoms with Gasteiger partial charge < -0.3 is 4.74 Å². The lowest BCUT2D eigenvalue weighted by Crippen LogP contribution is -2.10. The quantitative estimate of drug-likeness (QED) is 0.686. The van der Waals surface area contributed by atoms with Gasteiger partial charge in [0.05, 0.1) is 28.0 Å². The van der Waals surface area contributed by atoms with Crippen LogP contribution in [0.1, 0.15) is 26.6 Å². The number of methoxy groups -OCH3 is 1. The number of carbonyl (C=O) groups excluding carboxylic acids is 1. The zero-order valence-corrected chi connectivity index (χ0v) is 16.2. The molecule has 0 bridgehead atoms. The molecule has 2 aromatic heterocycles. The number of hydrogen-bond acceptors (Lipinski definition) is 6. The van der Waals surface area contributed by atoms with Crippen LogP contribution in [0.3, 0.4) is 0 Å². The fourth-order valence-electron chi connectivity index (χ4n) is 2.80. The van der Waals surface area contributed by atoms with Crippen molar-refractivity contribution in [2.45, 2.75) is 34.6 Å². The number of aromatic nitrogens is 2. The second-order valence-electron chi connectivity index (χ2n) is 5.70. The second kappa shape index (κ2) is 6.14. The Morgan fingerprint density at radius 1 is 1.00 bits per heavy atom. The average molecular weight is 361 g/mol. The molecule has 0 aliphatic heterocycles. The van der Waals surface area contributed by atoms with Crippen molar-refractivity contribution in [1.82, 2.24) is 9.97 Å². The molecular formula is C17H19N3O2S2. The molecule has 7 heteroatoms. The monoisotopic (exact) mass is 361 g/mol. The number of nitrogens with zero attached hydrogens (tertiary/aromatic N) is 2. The molecule has 2 heterocycles. The molecule has 3 aromatic rings. The maximum Gasteiger partial charge on any atom is 0.413 e. The highest BCUT2D eigenvalue weighted by molar-refractivity contribution is 7.23. The van der Waals surface area contributed by atoms with Crippen molar-refractivity contribution in [3.63, 3.8) is 0 Å². The molecule has 1 N–H and O–H groups in total. The zero-order chi connectivity index (χ0) is 17.6. The van der Waals surface area contributed by atoms with Crippen molar-refractivity contribution in [3.8, 4) is 11.3 Å². The van der Waals surface area contributed by atoms with Crippen molar-refractivity contribution < 1.29 is 9.53 Å². The lowest BCUT2D eigenvalue weighted by molar-refractivity contribution is 0.187. The lowest BCUT2D eigenvalue weighted by Gasteiger charge is -2.12. The predicted molar refractivity (Wildman–Crippen MR) is 100 cm³/mol. The van der Waals surface area contributed by atoms with Crippen molar-refractivity contribution in [3.05, 3.63) is 26.6 Å². The van der Waals surface area contributed by atoms with Crippen LogP contribution in [-0.2, 0) is 4.74 Å². The highest BCUT2D eigenvalue weighted by Gasteiger charge is 2.21. The maximum atomic E-state index is 11.5. The van der Waals surface area contributed by atoms with Crippen LogP contribution in [0, 0.1) is 34.6 Å². The minimum absolute atomic E-state index is 0.512. The normalized spacial score (nSPS) is 11.1. The number of carbonyl (C=O) groups is 1. The third kappa shape index (κ3) is 2.67. The van der Waals surface area contributed by atoms with Crippen LogP contribution in [0.4, 0.5) is 9.93 Å². The molecule has 0 fully saturated rings. The van der Waals surface area contributed by atoms with Crippen LogP contribution in [0.25, 0.3) is 21.5 Å². The van der Waals surface area contributed by atoms with Crippen LogP contribution < -0.4 is 5.32 Å². The van der Waals surface area contributed by atoms with Crippen molar-refractivity contribution in [2.24, 2.45) is 0 Å². The van der Waals surface area contributed by atoms with Gasteiger partial charge in [0.25, 0.3) is 0 Å². The minimum atomic E-state index is -0.512. The van der Waals surface area contributed by atoms with Crippen molar-refractivity contribution >= 4 is 44.1 Å². The molecular weight excluding hydrogens is 342 g/mol. The van der Waals surface area contributed by atoms with Gasteiger partial charge in [-0.05, 0) is 51.3 Å². The number of fused-ring (bicyclic) bond motifs is 1. The Labute approximate surface area is 148 Å². The Hall–Kier alpha value is -1.99. The van der Waals surface area contributed by atoms with E-state index < -0.39 is 6.09 Å². The number of ether oxygens (including phenoxy) is 1. The molecule has 0 saturated heterocycles. The van der Waals surface area contributed by atoms with Gasteiger partial charge >= 0.3 is 6.09 Å². The molecule has 126 valence electrons. The van der Waals surface area contributed by atoms with Gasteiger partial charge in [-0.1, -0.05) is 11.3 Å². The first-order chi connectivity index (χ1) is 11.3. The summed E-state index contributed by atoms with van der Waals surface area (Å²) in [6.45, 7) is 10.4. The summed E-state index contributed by atoms with van der Waals surface area (Å²) in [4.78, 5) is 22.0. The number of nitrogens with one attached hydrogen (secondary N) is 1. The summed E-state index contributed by atoms with van der Waals surface area (Å²) in [5.74, 6) is 0. The van der Waals surface area contributed by atoms with Gasteiger partial charge in [0.15, 0.2) is 5.13 Å². The molecule has 1 aromatic carbocycles. The van der Waals surface area contributed by atoms with E-state index in [0.717, 1.165) is 32.0 Å². The van der Waals surface area contributed by atoms with E-state index in [1.54, 1.807) is 11.3 Å². The zero-order valence-electron chi connectivity index (χ0n) is 14.5. The van der Waals surface area contributed by atoms with Crippen LogP contribution >= 0.6 is 22.7 Å². The molecule has 1 amide bonds. The Morgan fingerprint density at radius 2 is 1.71 bits per heavy atom. The summed E-state index contributed by atoms with van der Waals surface area (Å²) in [5, 5.41) is 4.26. The van der Waals surface area contributed by atoms with Crippen LogP contribution in [0.15, 0.2) is 0 Å². The molecule has 3 rings (SSSR count). The molecule has 0 saturated carbocycles. The van der Waals surface area contributed by atoms with E-state index >= 15 is 0 Å². The molecule has 0 spiro atoms. The number of amides is 1. The molecule has 5 nitrogen and oxygen atoms in total. The van der Waals surface area contributed by atoms with Gasteiger partial charge in [-0.25, -0.2) is 14.8 Å². The fourth-order valence-corrected chi connectivity index (χ4v) is 4.73. The third-order valence-corrected chi connectivity index (χ3v) is 6.12. The average Bonchev–Trinajstić information content (AvgIpc) is 3.09. The summed E-state index contributed by atoms with van der Waals surface area (Å²) in [6.07, 6.45) is -0.512. The molecule has 0 radical (unpaired) electrons. The minimum Gasteiger partial charge on any atom is -0.453 e. The lowest BCUT2D eigenvalue weighted by atomic mass is 9.95. The Bertz CT molecular complexity index is 957. The largest absolute Gasteiger partial charge is 0.453 e. The Morgan fingerprint density at radius 3 is 2.29 bits per heavy atom. The Balaban J connectivity index is 2.31. The molecule has 0 unspecified atom stereocenters. The Kier molecular flexibility index (Phi) is 4.31. The number of aryl methyl sites for hydroxylation is 3. The van der Waals surface area contributed by atoms with Gasteiger partial charge in [-0.3, -0.25) is 5.32 Å². The van der Waals surface area contributed by atoms with Gasteiger partial charge in [-0.2, -0.15) is 0 Å². The number of benzene rings is 1. The topological polar surface area (TPSA) is 64.1 Å². The van der Waals surface area contributed by atoms with Crippen LogP contribution in [-0.4, -0.2) is 23.2 Å². The summed E-state index contributed by atoms with van der Waals surface area (Å²) in [7, 11) is 1.34. The summed E-state index contributed by atoms with van der Waals surface area (Å²) >= 11 is 3.15. The second-order valence-corrected chi connectivity index (χ2v) is 8.11. The smallest absolute Gasteiger partial charge is 0.413 e. The number of thiazole rings is 2. The molecule has 0 aliphatic carbocycles. The highest BCUT2D eigenvalue weighted by atomic mass is 32.1.